The van der Waals surface area contributed by atoms with Gasteiger partial charge in [0.25, 0.3) is 5.91 Å². The van der Waals surface area contributed by atoms with E-state index >= 15 is 0 Å². The van der Waals surface area contributed by atoms with Gasteiger partial charge >= 0.3 is 5.97 Å². The summed E-state index contributed by atoms with van der Waals surface area (Å²) in [6.07, 6.45) is 3.35. The number of carbonyl (C=O) groups is 2. The van der Waals surface area contributed by atoms with Crippen molar-refractivity contribution in [2.24, 2.45) is 0 Å². The maximum Gasteiger partial charge on any atom is 0.306 e. The van der Waals surface area contributed by atoms with Crippen LogP contribution >= 0.6 is 0 Å². The van der Waals surface area contributed by atoms with Gasteiger partial charge in [0.1, 0.15) is 0 Å². The molecule has 1 amide bonds. The van der Waals surface area contributed by atoms with Crippen LogP contribution in [0, 0.1) is 0 Å². The fourth-order valence-corrected chi connectivity index (χ4v) is 5.21. The summed E-state index contributed by atoms with van der Waals surface area (Å²) in [6.45, 7) is 4.97. The molecule has 2 aromatic rings. The van der Waals surface area contributed by atoms with Crippen molar-refractivity contribution in [3.8, 4) is 0 Å². The SMILES string of the molecule is CC(C)c1ccc(NC(=O)COC(=O)CCc2ccc(S(=O)(=O)N3CCCCC3)cc2)cc1. The van der Waals surface area contributed by atoms with E-state index in [1.165, 1.54) is 9.87 Å². The highest BCUT2D eigenvalue weighted by atomic mass is 32.2. The average Bonchev–Trinajstić information content (AvgIpc) is 2.82. The van der Waals surface area contributed by atoms with Gasteiger partial charge in [0.2, 0.25) is 10.0 Å². The highest BCUT2D eigenvalue weighted by Crippen LogP contribution is 2.21. The van der Waals surface area contributed by atoms with E-state index in [1.807, 2.05) is 24.3 Å². The number of amides is 1. The smallest absolute Gasteiger partial charge is 0.306 e. The number of benzene rings is 2. The number of ether oxygens (including phenoxy) is 1. The number of esters is 1. The fourth-order valence-electron chi connectivity index (χ4n) is 3.70. The lowest BCUT2D eigenvalue weighted by Crippen LogP contribution is -2.35. The minimum atomic E-state index is -3.46. The van der Waals surface area contributed by atoms with Gasteiger partial charge in [-0.2, -0.15) is 4.31 Å². The Morgan fingerprint density at radius 2 is 1.61 bits per heavy atom. The number of piperidine rings is 1. The van der Waals surface area contributed by atoms with E-state index in [1.54, 1.807) is 24.3 Å². The van der Waals surface area contributed by atoms with Gasteiger partial charge in [0.15, 0.2) is 6.61 Å². The second-order valence-electron chi connectivity index (χ2n) is 8.59. The standard InChI is InChI=1S/C25H32N2O5S/c1-19(2)21-9-11-22(12-10-21)26-24(28)18-32-25(29)15-8-20-6-13-23(14-7-20)33(30,31)27-16-4-3-5-17-27/h6-7,9-14,19H,3-5,8,15-18H2,1-2H3,(H,26,28). The minimum absolute atomic E-state index is 0.106. The van der Waals surface area contributed by atoms with E-state index in [0.717, 1.165) is 24.8 Å². The molecule has 0 bridgehead atoms. The quantitative estimate of drug-likeness (QED) is 0.555. The number of aryl methyl sites for hydroxylation is 1. The van der Waals surface area contributed by atoms with Gasteiger partial charge in [-0.25, -0.2) is 8.42 Å². The number of nitrogens with one attached hydrogen (secondary N) is 1. The van der Waals surface area contributed by atoms with Crippen molar-refractivity contribution < 1.29 is 22.7 Å². The molecule has 1 fully saturated rings. The Bertz CT molecular complexity index is 1040. The fraction of sp³-hybridized carbons (Fsp3) is 0.440. The predicted molar refractivity (Wildman–Crippen MR) is 127 cm³/mol. The summed E-state index contributed by atoms with van der Waals surface area (Å²) >= 11 is 0. The molecule has 3 rings (SSSR count). The molecule has 33 heavy (non-hydrogen) atoms. The molecule has 0 saturated carbocycles. The maximum absolute atomic E-state index is 12.7. The summed E-state index contributed by atoms with van der Waals surface area (Å²) < 4.78 is 32.0. The number of sulfonamides is 1. The van der Waals surface area contributed by atoms with Crippen LogP contribution in [0.15, 0.2) is 53.4 Å². The summed E-state index contributed by atoms with van der Waals surface area (Å²) in [5.74, 6) is -0.468. The largest absolute Gasteiger partial charge is 0.456 e. The molecular weight excluding hydrogens is 440 g/mol. The summed E-state index contributed by atoms with van der Waals surface area (Å²) in [7, 11) is -3.46. The summed E-state index contributed by atoms with van der Waals surface area (Å²) in [5.41, 5.74) is 2.66. The van der Waals surface area contributed by atoms with Gasteiger partial charge in [-0.15, -0.1) is 0 Å². The van der Waals surface area contributed by atoms with Crippen molar-refractivity contribution in [3.63, 3.8) is 0 Å². The van der Waals surface area contributed by atoms with E-state index in [-0.39, 0.29) is 17.9 Å². The maximum atomic E-state index is 12.7. The Morgan fingerprint density at radius 3 is 2.21 bits per heavy atom. The van der Waals surface area contributed by atoms with E-state index < -0.39 is 21.9 Å². The molecule has 1 aliphatic heterocycles. The third kappa shape index (κ3) is 7.14. The Kier molecular flexibility index (Phi) is 8.63. The molecule has 8 heteroatoms. The van der Waals surface area contributed by atoms with Crippen molar-refractivity contribution in [1.29, 1.82) is 0 Å². The molecule has 1 heterocycles. The van der Waals surface area contributed by atoms with E-state index in [4.69, 9.17) is 4.74 Å². The van der Waals surface area contributed by atoms with Gasteiger partial charge in [-0.1, -0.05) is 44.5 Å². The number of carbonyl (C=O) groups excluding carboxylic acids is 2. The summed E-state index contributed by atoms with van der Waals surface area (Å²) in [6, 6.07) is 14.2. The molecule has 0 radical (unpaired) electrons. The molecule has 178 valence electrons. The van der Waals surface area contributed by atoms with Crippen molar-refractivity contribution in [1.82, 2.24) is 4.31 Å². The second-order valence-corrected chi connectivity index (χ2v) is 10.5. The van der Waals surface area contributed by atoms with Crippen LogP contribution in [0.25, 0.3) is 0 Å². The molecular formula is C25H32N2O5S. The predicted octanol–water partition coefficient (Wildman–Crippen LogP) is 4.10. The summed E-state index contributed by atoms with van der Waals surface area (Å²) in [4.78, 5) is 24.3. The van der Waals surface area contributed by atoms with Gasteiger partial charge in [0.05, 0.1) is 4.90 Å². The van der Waals surface area contributed by atoms with Crippen LogP contribution in [0.4, 0.5) is 5.69 Å². The first-order valence-corrected chi connectivity index (χ1v) is 12.8. The van der Waals surface area contributed by atoms with Gasteiger partial charge in [-0.05, 0) is 60.6 Å². The van der Waals surface area contributed by atoms with Gasteiger partial charge < -0.3 is 10.1 Å². The van der Waals surface area contributed by atoms with Gasteiger partial charge in [-0.3, -0.25) is 9.59 Å². The van der Waals surface area contributed by atoms with E-state index in [2.05, 4.69) is 19.2 Å². The molecule has 7 nitrogen and oxygen atoms in total. The number of rotatable bonds is 9. The number of hydrogen-bond donors (Lipinski definition) is 1. The molecule has 1 aliphatic rings. The lowest BCUT2D eigenvalue weighted by atomic mass is 10.0. The third-order valence-corrected chi connectivity index (χ3v) is 7.63. The van der Waals surface area contributed by atoms with Crippen LogP contribution in [0.5, 0.6) is 0 Å². The molecule has 0 spiro atoms. The van der Waals surface area contributed by atoms with Crippen LogP contribution in [0.2, 0.25) is 0 Å². The van der Waals surface area contributed by atoms with Gasteiger partial charge in [0, 0.05) is 25.2 Å². The lowest BCUT2D eigenvalue weighted by Gasteiger charge is -2.25. The Labute approximate surface area is 196 Å². The Morgan fingerprint density at radius 1 is 0.970 bits per heavy atom. The zero-order valence-corrected chi connectivity index (χ0v) is 20.1. The normalized spacial score (nSPS) is 14.8. The highest BCUT2D eigenvalue weighted by Gasteiger charge is 2.25. The summed E-state index contributed by atoms with van der Waals surface area (Å²) in [5, 5.41) is 2.71. The Hall–Kier alpha value is -2.71. The molecule has 2 aromatic carbocycles. The van der Waals surface area contributed by atoms with E-state index in [0.29, 0.717) is 31.1 Å². The van der Waals surface area contributed by atoms with Crippen LogP contribution in [-0.2, 0) is 30.8 Å². The monoisotopic (exact) mass is 472 g/mol. The highest BCUT2D eigenvalue weighted by molar-refractivity contribution is 7.89. The minimum Gasteiger partial charge on any atom is -0.456 e. The molecule has 0 atom stereocenters. The third-order valence-electron chi connectivity index (χ3n) is 5.72. The van der Waals surface area contributed by atoms with Crippen LogP contribution in [0.1, 0.15) is 56.6 Å². The molecule has 1 N–H and O–H groups in total. The van der Waals surface area contributed by atoms with Crippen molar-refractivity contribution in [3.05, 3.63) is 59.7 Å². The molecule has 0 aromatic heterocycles. The zero-order valence-electron chi connectivity index (χ0n) is 19.2. The Balaban J connectivity index is 1.42. The molecule has 0 aliphatic carbocycles. The first kappa shape index (κ1) is 24.9. The lowest BCUT2D eigenvalue weighted by molar-refractivity contribution is -0.147. The first-order valence-electron chi connectivity index (χ1n) is 11.4. The van der Waals surface area contributed by atoms with Crippen molar-refractivity contribution >= 4 is 27.6 Å². The van der Waals surface area contributed by atoms with Crippen LogP contribution < -0.4 is 5.32 Å². The van der Waals surface area contributed by atoms with Crippen molar-refractivity contribution in [2.75, 3.05) is 25.0 Å². The second kappa shape index (κ2) is 11.4. The van der Waals surface area contributed by atoms with Crippen LogP contribution in [-0.4, -0.2) is 44.3 Å². The first-order chi connectivity index (χ1) is 15.8. The number of hydrogen-bond acceptors (Lipinski definition) is 5. The zero-order chi connectivity index (χ0) is 23.8. The number of nitrogens with zero attached hydrogens (tertiary/aromatic N) is 1. The van der Waals surface area contributed by atoms with Crippen LogP contribution in [0.3, 0.4) is 0 Å². The number of anilines is 1. The van der Waals surface area contributed by atoms with Crippen molar-refractivity contribution in [2.45, 2.75) is 56.8 Å². The van der Waals surface area contributed by atoms with E-state index in [9.17, 15) is 18.0 Å². The molecule has 1 saturated heterocycles. The topological polar surface area (TPSA) is 92.8 Å². The molecule has 0 unspecified atom stereocenters. The average molecular weight is 473 g/mol.